The highest BCUT2D eigenvalue weighted by molar-refractivity contribution is 5.85. The van der Waals surface area contributed by atoms with Gasteiger partial charge in [-0.05, 0) is 29.3 Å². The van der Waals surface area contributed by atoms with Gasteiger partial charge in [-0.3, -0.25) is 4.79 Å². The third-order valence-electron chi connectivity index (χ3n) is 5.12. The fourth-order valence-electron chi connectivity index (χ4n) is 3.48. The fraction of sp³-hybridized carbons (Fsp3) is 0.115. The van der Waals surface area contributed by atoms with Crippen LogP contribution >= 0.6 is 0 Å². The highest BCUT2D eigenvalue weighted by atomic mass is 19.4. The van der Waals surface area contributed by atoms with E-state index < -0.39 is 22.9 Å². The van der Waals surface area contributed by atoms with Gasteiger partial charge in [0.25, 0.3) is 0 Å². The molecule has 0 atom stereocenters. The Hall–Kier alpha value is -4.00. The monoisotopic (exact) mass is 452 g/mol. The zero-order valence-electron chi connectivity index (χ0n) is 17.6. The third-order valence-corrected chi connectivity index (χ3v) is 5.12. The van der Waals surface area contributed by atoms with Crippen LogP contribution in [0.4, 0.5) is 13.2 Å². The number of fused-ring (bicyclic) bond motifs is 1. The number of hydrogen-bond acceptors (Lipinski definition) is 4. The Labute approximate surface area is 187 Å². The van der Waals surface area contributed by atoms with Crippen molar-refractivity contribution < 1.29 is 27.1 Å². The molecule has 0 fully saturated rings. The largest absolute Gasteiger partial charge is 0.496 e. The van der Waals surface area contributed by atoms with Crippen LogP contribution in [0.1, 0.15) is 16.9 Å². The van der Waals surface area contributed by atoms with Gasteiger partial charge < -0.3 is 13.9 Å². The van der Waals surface area contributed by atoms with Gasteiger partial charge in [0.05, 0.1) is 18.1 Å². The van der Waals surface area contributed by atoms with E-state index in [2.05, 4.69) is 6.58 Å². The van der Waals surface area contributed by atoms with Gasteiger partial charge in [-0.15, -0.1) is 0 Å². The van der Waals surface area contributed by atoms with Crippen LogP contribution in [0.3, 0.4) is 0 Å². The first-order valence-electron chi connectivity index (χ1n) is 9.97. The van der Waals surface area contributed by atoms with Gasteiger partial charge in [-0.1, -0.05) is 55.1 Å². The minimum atomic E-state index is -4.90. The molecule has 0 N–H and O–H groups in total. The molecular weight excluding hydrogens is 433 g/mol. The summed E-state index contributed by atoms with van der Waals surface area (Å²) in [4.78, 5) is 13.2. The molecule has 0 bridgehead atoms. The Balaban J connectivity index is 1.78. The highest BCUT2D eigenvalue weighted by Gasteiger charge is 2.40. The Morgan fingerprint density at radius 3 is 2.42 bits per heavy atom. The summed E-state index contributed by atoms with van der Waals surface area (Å²) < 4.78 is 57.8. The van der Waals surface area contributed by atoms with Crippen LogP contribution in [0.5, 0.6) is 11.5 Å². The zero-order chi connectivity index (χ0) is 23.6. The number of benzene rings is 3. The maximum Gasteiger partial charge on any atom is 0.450 e. The summed E-state index contributed by atoms with van der Waals surface area (Å²) in [5.41, 5.74) is 0.209. The van der Waals surface area contributed by atoms with Crippen molar-refractivity contribution in [2.45, 2.75) is 12.8 Å². The average molecular weight is 452 g/mol. The maximum atomic E-state index is 13.9. The van der Waals surface area contributed by atoms with Crippen LogP contribution in [-0.4, -0.2) is 7.11 Å². The van der Waals surface area contributed by atoms with Gasteiger partial charge in [0.1, 0.15) is 23.7 Å². The summed E-state index contributed by atoms with van der Waals surface area (Å²) in [6, 6.07) is 17.7. The Kier molecular flexibility index (Phi) is 5.96. The normalized spacial score (nSPS) is 11.4. The quantitative estimate of drug-likeness (QED) is 0.326. The van der Waals surface area contributed by atoms with E-state index in [4.69, 9.17) is 13.9 Å². The first-order chi connectivity index (χ1) is 15.8. The molecule has 0 spiro atoms. The number of methoxy groups -OCH3 is 1. The van der Waals surface area contributed by atoms with Crippen LogP contribution in [0.2, 0.25) is 0 Å². The molecule has 3 aromatic carbocycles. The van der Waals surface area contributed by atoms with Crippen LogP contribution in [0, 0.1) is 0 Å². The number of para-hydroxylation sites is 1. The van der Waals surface area contributed by atoms with E-state index in [1.54, 1.807) is 12.1 Å². The minimum absolute atomic E-state index is 0.00581. The van der Waals surface area contributed by atoms with Crippen LogP contribution in [-0.2, 0) is 12.8 Å². The van der Waals surface area contributed by atoms with Crippen molar-refractivity contribution in [3.63, 3.8) is 0 Å². The van der Waals surface area contributed by atoms with E-state index in [-0.39, 0.29) is 34.6 Å². The fourth-order valence-corrected chi connectivity index (χ4v) is 3.48. The highest BCUT2D eigenvalue weighted by Crippen LogP contribution is 2.40. The number of ether oxygens (including phenoxy) is 2. The molecule has 168 valence electrons. The standard InChI is InChI=1S/C26H19F3O4/c1-3-16-8-10-17(11-9-16)15-32-18-12-13-20-22(14-18)33-25(26(27,28)29)23(24(20)30)19-6-4-5-7-21(19)31-2/h3-14H,1,15H2,2H3. The van der Waals surface area contributed by atoms with Crippen molar-refractivity contribution in [2.75, 3.05) is 7.11 Å². The second kappa shape index (κ2) is 8.86. The first kappa shape index (κ1) is 22.2. The molecule has 0 saturated heterocycles. The van der Waals surface area contributed by atoms with E-state index >= 15 is 0 Å². The van der Waals surface area contributed by atoms with Crippen molar-refractivity contribution >= 4 is 17.0 Å². The summed E-state index contributed by atoms with van der Waals surface area (Å²) in [7, 11) is 1.32. The minimum Gasteiger partial charge on any atom is -0.496 e. The molecule has 0 radical (unpaired) electrons. The van der Waals surface area contributed by atoms with E-state index in [9.17, 15) is 18.0 Å². The van der Waals surface area contributed by atoms with E-state index in [1.807, 2.05) is 24.3 Å². The molecule has 1 heterocycles. The molecule has 0 aliphatic heterocycles. The lowest BCUT2D eigenvalue weighted by Crippen LogP contribution is -2.16. The summed E-state index contributed by atoms with van der Waals surface area (Å²) in [5, 5.41) is 0.00610. The SMILES string of the molecule is C=Cc1ccc(COc2ccc3c(=O)c(-c4ccccc4OC)c(C(F)(F)F)oc3c2)cc1. The van der Waals surface area contributed by atoms with Gasteiger partial charge in [0.15, 0.2) is 0 Å². The Morgan fingerprint density at radius 2 is 1.76 bits per heavy atom. The number of rotatable bonds is 6. The molecule has 4 nitrogen and oxygen atoms in total. The summed E-state index contributed by atoms with van der Waals surface area (Å²) in [6.07, 6.45) is -3.18. The number of halogens is 3. The predicted octanol–water partition coefficient (Wildman–Crippen LogP) is 6.71. The van der Waals surface area contributed by atoms with Crippen LogP contribution in [0.15, 0.2) is 82.5 Å². The number of hydrogen-bond donors (Lipinski definition) is 0. The number of alkyl halides is 3. The Bertz CT molecular complexity index is 1370. The van der Waals surface area contributed by atoms with Crippen LogP contribution in [0.25, 0.3) is 28.2 Å². The first-order valence-corrected chi connectivity index (χ1v) is 9.97. The topological polar surface area (TPSA) is 48.7 Å². The molecule has 4 aromatic rings. The summed E-state index contributed by atoms with van der Waals surface area (Å²) >= 11 is 0. The van der Waals surface area contributed by atoms with Gasteiger partial charge in [0.2, 0.25) is 11.2 Å². The molecule has 0 aliphatic carbocycles. The summed E-state index contributed by atoms with van der Waals surface area (Å²) in [5.74, 6) is -0.977. The second-order valence-corrected chi connectivity index (χ2v) is 7.23. The van der Waals surface area contributed by atoms with Gasteiger partial charge in [0, 0.05) is 11.6 Å². The molecule has 33 heavy (non-hydrogen) atoms. The molecule has 0 saturated carbocycles. The lowest BCUT2D eigenvalue weighted by Gasteiger charge is -2.15. The lowest BCUT2D eigenvalue weighted by molar-refractivity contribution is -0.152. The Morgan fingerprint density at radius 1 is 1.03 bits per heavy atom. The predicted molar refractivity (Wildman–Crippen MR) is 120 cm³/mol. The molecule has 1 aromatic heterocycles. The van der Waals surface area contributed by atoms with Crippen molar-refractivity contribution in [3.05, 3.63) is 100 Å². The van der Waals surface area contributed by atoms with E-state index in [0.29, 0.717) is 0 Å². The van der Waals surface area contributed by atoms with E-state index in [1.165, 1.54) is 43.5 Å². The van der Waals surface area contributed by atoms with Crippen LogP contribution < -0.4 is 14.9 Å². The zero-order valence-corrected chi connectivity index (χ0v) is 17.6. The van der Waals surface area contributed by atoms with Crippen molar-refractivity contribution in [2.24, 2.45) is 0 Å². The summed E-state index contributed by atoms with van der Waals surface area (Å²) in [6.45, 7) is 3.89. The smallest absolute Gasteiger partial charge is 0.450 e. The van der Waals surface area contributed by atoms with Gasteiger partial charge in [-0.25, -0.2) is 0 Å². The van der Waals surface area contributed by atoms with Crippen molar-refractivity contribution in [1.29, 1.82) is 0 Å². The van der Waals surface area contributed by atoms with E-state index in [0.717, 1.165) is 11.1 Å². The molecule has 4 rings (SSSR count). The molecule has 0 unspecified atom stereocenters. The van der Waals surface area contributed by atoms with Gasteiger partial charge >= 0.3 is 6.18 Å². The third kappa shape index (κ3) is 4.48. The maximum absolute atomic E-state index is 13.9. The van der Waals surface area contributed by atoms with Crippen molar-refractivity contribution in [1.82, 2.24) is 0 Å². The van der Waals surface area contributed by atoms with Crippen molar-refractivity contribution in [3.8, 4) is 22.6 Å². The molecule has 7 heteroatoms. The van der Waals surface area contributed by atoms with Gasteiger partial charge in [-0.2, -0.15) is 13.2 Å². The lowest BCUT2D eigenvalue weighted by atomic mass is 10.0. The second-order valence-electron chi connectivity index (χ2n) is 7.23. The average Bonchev–Trinajstić information content (AvgIpc) is 2.82. The molecule has 0 amide bonds. The molecule has 0 aliphatic rings. The molecular formula is C26H19F3O4.